The van der Waals surface area contributed by atoms with Crippen LogP contribution in [0.1, 0.15) is 12.8 Å². The van der Waals surface area contributed by atoms with Crippen LogP contribution in [0.2, 0.25) is 0 Å². The first kappa shape index (κ1) is 16.0. The van der Waals surface area contributed by atoms with Crippen LogP contribution in [0.4, 0.5) is 10.8 Å². The van der Waals surface area contributed by atoms with Gasteiger partial charge in [0.15, 0.2) is 5.01 Å². The van der Waals surface area contributed by atoms with Crippen LogP contribution < -0.4 is 9.80 Å². The molecule has 0 amide bonds. The zero-order chi connectivity index (χ0) is 17.1. The summed E-state index contributed by atoms with van der Waals surface area (Å²) in [7, 11) is 2.09. The van der Waals surface area contributed by atoms with E-state index >= 15 is 0 Å². The molecule has 8 heteroatoms. The average molecular weight is 356 g/mol. The van der Waals surface area contributed by atoms with Crippen molar-refractivity contribution in [1.29, 1.82) is 0 Å². The van der Waals surface area contributed by atoms with E-state index in [4.69, 9.17) is 4.52 Å². The molecule has 0 aliphatic carbocycles. The van der Waals surface area contributed by atoms with Gasteiger partial charge in [0, 0.05) is 50.8 Å². The van der Waals surface area contributed by atoms with Gasteiger partial charge in [-0.25, -0.2) is 0 Å². The van der Waals surface area contributed by atoms with E-state index in [1.165, 1.54) is 18.5 Å². The number of pyridine rings is 1. The van der Waals surface area contributed by atoms with Gasteiger partial charge in [0.1, 0.15) is 12.0 Å². The molecule has 0 atom stereocenters. The third-order valence-corrected chi connectivity index (χ3v) is 5.63. The second-order valence-electron chi connectivity index (χ2n) is 6.29. The van der Waals surface area contributed by atoms with Gasteiger partial charge < -0.3 is 14.3 Å². The summed E-state index contributed by atoms with van der Waals surface area (Å²) in [5.41, 5.74) is 2.01. The summed E-state index contributed by atoms with van der Waals surface area (Å²) in [6.45, 7) is 3.17. The molecule has 0 spiro atoms. The summed E-state index contributed by atoms with van der Waals surface area (Å²) in [5.74, 6) is 0.669. The number of anilines is 2. The molecule has 25 heavy (non-hydrogen) atoms. The van der Waals surface area contributed by atoms with Crippen molar-refractivity contribution in [3.63, 3.8) is 0 Å². The standard InChI is InChI=1S/C17H20N6OS/c1-22(17-20-19-16(25-17)15-6-11-24-21-15)12-13-4-9-23(10-5-13)14-2-7-18-8-3-14/h2-3,6-8,11,13H,4-5,9-10,12H2,1H3. The lowest BCUT2D eigenvalue weighted by Gasteiger charge is -2.35. The van der Waals surface area contributed by atoms with E-state index in [0.29, 0.717) is 5.92 Å². The van der Waals surface area contributed by atoms with E-state index in [-0.39, 0.29) is 0 Å². The largest absolute Gasteiger partial charge is 0.371 e. The Kier molecular flexibility index (Phi) is 4.60. The second kappa shape index (κ2) is 7.18. The Morgan fingerprint density at radius 2 is 2.00 bits per heavy atom. The first-order valence-corrected chi connectivity index (χ1v) is 9.21. The molecule has 0 saturated carbocycles. The van der Waals surface area contributed by atoms with Crippen LogP contribution in [-0.4, -0.2) is 47.0 Å². The monoisotopic (exact) mass is 356 g/mol. The number of piperidine rings is 1. The maximum absolute atomic E-state index is 4.87. The van der Waals surface area contributed by atoms with E-state index in [1.807, 2.05) is 12.4 Å². The predicted molar refractivity (Wildman–Crippen MR) is 97.9 cm³/mol. The van der Waals surface area contributed by atoms with Gasteiger partial charge in [-0.15, -0.1) is 10.2 Å². The van der Waals surface area contributed by atoms with Gasteiger partial charge in [-0.3, -0.25) is 4.98 Å². The molecule has 0 N–H and O–H groups in total. The fourth-order valence-corrected chi connectivity index (χ4v) is 3.97. The molecule has 130 valence electrons. The van der Waals surface area contributed by atoms with E-state index < -0.39 is 0 Å². The lowest BCUT2D eigenvalue weighted by Crippen LogP contribution is -2.37. The summed E-state index contributed by atoms with van der Waals surface area (Å²) in [5, 5.41) is 14.1. The minimum absolute atomic E-state index is 0.669. The van der Waals surface area contributed by atoms with Gasteiger partial charge in [0.2, 0.25) is 5.13 Å². The van der Waals surface area contributed by atoms with E-state index in [0.717, 1.165) is 35.5 Å². The zero-order valence-electron chi connectivity index (χ0n) is 14.1. The summed E-state index contributed by atoms with van der Waals surface area (Å²) >= 11 is 1.55. The fraction of sp³-hybridized carbons (Fsp3) is 0.412. The quantitative estimate of drug-likeness (QED) is 0.696. The van der Waals surface area contributed by atoms with Gasteiger partial charge in [0.05, 0.1) is 0 Å². The van der Waals surface area contributed by atoms with Crippen molar-refractivity contribution in [3.8, 4) is 10.7 Å². The van der Waals surface area contributed by atoms with Crippen molar-refractivity contribution in [2.75, 3.05) is 36.5 Å². The molecular weight excluding hydrogens is 336 g/mol. The molecule has 1 fully saturated rings. The van der Waals surface area contributed by atoms with Crippen LogP contribution in [0.15, 0.2) is 41.4 Å². The molecule has 1 saturated heterocycles. The van der Waals surface area contributed by atoms with Crippen LogP contribution >= 0.6 is 11.3 Å². The Hall–Kier alpha value is -2.48. The number of hydrogen-bond acceptors (Lipinski definition) is 8. The van der Waals surface area contributed by atoms with Gasteiger partial charge in [-0.1, -0.05) is 16.5 Å². The fourth-order valence-electron chi connectivity index (χ4n) is 3.19. The smallest absolute Gasteiger partial charge is 0.208 e. The Morgan fingerprint density at radius 1 is 1.20 bits per heavy atom. The van der Waals surface area contributed by atoms with Gasteiger partial charge in [0.25, 0.3) is 0 Å². The molecule has 0 aromatic carbocycles. The van der Waals surface area contributed by atoms with Crippen LogP contribution in [0.25, 0.3) is 10.7 Å². The van der Waals surface area contributed by atoms with E-state index in [2.05, 4.69) is 49.3 Å². The maximum Gasteiger partial charge on any atom is 0.208 e. The molecule has 1 aliphatic rings. The summed E-state index contributed by atoms with van der Waals surface area (Å²) in [6.07, 6.45) is 7.63. The van der Waals surface area contributed by atoms with Crippen molar-refractivity contribution >= 4 is 22.2 Å². The van der Waals surface area contributed by atoms with Crippen molar-refractivity contribution < 1.29 is 4.52 Å². The SMILES string of the molecule is CN(CC1CCN(c2ccncc2)CC1)c1nnc(-c2ccon2)s1. The first-order chi connectivity index (χ1) is 12.3. The van der Waals surface area contributed by atoms with Crippen molar-refractivity contribution in [2.24, 2.45) is 5.92 Å². The van der Waals surface area contributed by atoms with Crippen molar-refractivity contribution in [3.05, 3.63) is 36.9 Å². The van der Waals surface area contributed by atoms with Crippen LogP contribution in [0, 0.1) is 5.92 Å². The highest BCUT2D eigenvalue weighted by Crippen LogP contribution is 2.29. The van der Waals surface area contributed by atoms with Crippen molar-refractivity contribution in [2.45, 2.75) is 12.8 Å². The second-order valence-corrected chi connectivity index (χ2v) is 7.25. The molecule has 4 heterocycles. The molecule has 0 radical (unpaired) electrons. The predicted octanol–water partition coefficient (Wildman–Crippen LogP) is 2.94. The Balaban J connectivity index is 1.32. The number of hydrogen-bond donors (Lipinski definition) is 0. The Bertz CT molecular complexity index is 783. The summed E-state index contributed by atoms with van der Waals surface area (Å²) < 4.78 is 4.87. The maximum atomic E-state index is 4.87. The molecule has 4 rings (SSSR count). The van der Waals surface area contributed by atoms with Gasteiger partial charge >= 0.3 is 0 Å². The highest BCUT2D eigenvalue weighted by atomic mass is 32.1. The molecule has 0 bridgehead atoms. The number of rotatable bonds is 5. The third-order valence-electron chi connectivity index (χ3n) is 4.57. The minimum atomic E-state index is 0.669. The number of aromatic nitrogens is 4. The Labute approximate surface area is 150 Å². The third kappa shape index (κ3) is 3.63. The minimum Gasteiger partial charge on any atom is -0.371 e. The summed E-state index contributed by atoms with van der Waals surface area (Å²) in [6, 6.07) is 5.97. The van der Waals surface area contributed by atoms with E-state index in [1.54, 1.807) is 23.7 Å². The van der Waals surface area contributed by atoms with Crippen LogP contribution in [0.5, 0.6) is 0 Å². The van der Waals surface area contributed by atoms with Crippen LogP contribution in [-0.2, 0) is 0 Å². The molecule has 1 aliphatic heterocycles. The normalized spacial score (nSPS) is 15.5. The topological polar surface area (TPSA) is 71.2 Å². The highest BCUT2D eigenvalue weighted by molar-refractivity contribution is 7.18. The average Bonchev–Trinajstić information content (AvgIpc) is 3.35. The van der Waals surface area contributed by atoms with Gasteiger partial charge in [-0.2, -0.15) is 0 Å². The van der Waals surface area contributed by atoms with Crippen molar-refractivity contribution in [1.82, 2.24) is 20.3 Å². The molecular formula is C17H20N6OS. The van der Waals surface area contributed by atoms with Crippen LogP contribution in [0.3, 0.4) is 0 Å². The first-order valence-electron chi connectivity index (χ1n) is 8.40. The lowest BCUT2D eigenvalue weighted by molar-refractivity contribution is 0.408. The molecule has 3 aromatic rings. The summed E-state index contributed by atoms with van der Waals surface area (Å²) in [4.78, 5) is 8.73. The van der Waals surface area contributed by atoms with E-state index in [9.17, 15) is 0 Å². The molecule has 7 nitrogen and oxygen atoms in total. The lowest BCUT2D eigenvalue weighted by atomic mass is 9.96. The Morgan fingerprint density at radius 3 is 2.72 bits per heavy atom. The number of nitrogens with zero attached hydrogens (tertiary/aromatic N) is 6. The zero-order valence-corrected chi connectivity index (χ0v) is 14.9. The van der Waals surface area contributed by atoms with Gasteiger partial charge in [-0.05, 0) is 30.9 Å². The molecule has 3 aromatic heterocycles. The highest BCUT2D eigenvalue weighted by Gasteiger charge is 2.22. The molecule has 0 unspecified atom stereocenters.